The Morgan fingerprint density at radius 1 is 1.16 bits per heavy atom. The number of fused-ring (bicyclic) bond motifs is 1. The molecule has 15 heteroatoms. The lowest BCUT2D eigenvalue weighted by Gasteiger charge is -2.17. The number of aromatic nitrogens is 4. The van der Waals surface area contributed by atoms with Crippen LogP contribution in [-0.4, -0.2) is 46.5 Å². The summed E-state index contributed by atoms with van der Waals surface area (Å²) in [6, 6.07) is 7.33. The van der Waals surface area contributed by atoms with Gasteiger partial charge in [-0.1, -0.05) is 0 Å². The fraction of sp³-hybridized carbons (Fsp3) is 0.174. The van der Waals surface area contributed by atoms with Crippen molar-refractivity contribution in [2.24, 2.45) is 0 Å². The van der Waals surface area contributed by atoms with E-state index in [-0.39, 0.29) is 28.4 Å². The Kier molecular flexibility index (Phi) is 6.77. The van der Waals surface area contributed by atoms with E-state index in [0.29, 0.717) is 6.07 Å². The number of amides is 1. The van der Waals surface area contributed by atoms with Crippen LogP contribution in [0, 0.1) is 17.1 Å². The lowest BCUT2D eigenvalue weighted by Crippen LogP contribution is -2.29. The molecule has 1 aromatic carbocycles. The van der Waals surface area contributed by atoms with Crippen LogP contribution in [0.15, 0.2) is 53.7 Å². The number of carbonyl (C=O) groups is 1. The van der Waals surface area contributed by atoms with Crippen LogP contribution in [0.2, 0.25) is 0 Å². The SMILES string of the molecule is C[C@H](NC(=O)c1cc(OC(F)(F)F)cc(S(C)(=O)=O)c1)c1nc2cc(F)cnc2n1-c1ccc(C#N)cn1. The van der Waals surface area contributed by atoms with Crippen molar-refractivity contribution in [2.45, 2.75) is 24.2 Å². The first kappa shape index (κ1) is 26.5. The summed E-state index contributed by atoms with van der Waals surface area (Å²) in [5.41, 5.74) is 0.136. The Balaban J connectivity index is 1.75. The van der Waals surface area contributed by atoms with Crippen molar-refractivity contribution in [3.05, 3.63) is 71.6 Å². The third-order valence-corrected chi connectivity index (χ3v) is 6.23. The number of hydrogen-bond acceptors (Lipinski definition) is 8. The van der Waals surface area contributed by atoms with E-state index in [1.807, 2.05) is 6.07 Å². The first-order valence-electron chi connectivity index (χ1n) is 10.6. The summed E-state index contributed by atoms with van der Waals surface area (Å²) >= 11 is 0. The van der Waals surface area contributed by atoms with Gasteiger partial charge < -0.3 is 10.1 Å². The molecule has 0 radical (unpaired) electrons. The molecule has 0 unspecified atom stereocenters. The van der Waals surface area contributed by atoms with Gasteiger partial charge in [-0.15, -0.1) is 13.2 Å². The molecule has 38 heavy (non-hydrogen) atoms. The maximum Gasteiger partial charge on any atom is 0.573 e. The second kappa shape index (κ2) is 9.71. The zero-order valence-corrected chi connectivity index (χ0v) is 20.3. The van der Waals surface area contributed by atoms with Gasteiger partial charge >= 0.3 is 6.36 Å². The van der Waals surface area contributed by atoms with Crippen molar-refractivity contribution in [3.63, 3.8) is 0 Å². The van der Waals surface area contributed by atoms with Crippen LogP contribution in [0.1, 0.15) is 34.7 Å². The van der Waals surface area contributed by atoms with E-state index < -0.39 is 50.2 Å². The molecule has 3 heterocycles. The van der Waals surface area contributed by atoms with Crippen LogP contribution < -0.4 is 10.1 Å². The van der Waals surface area contributed by atoms with Gasteiger partial charge in [-0.2, -0.15) is 5.26 Å². The number of imidazole rings is 1. The molecule has 196 valence electrons. The average Bonchev–Trinajstić information content (AvgIpc) is 3.21. The largest absolute Gasteiger partial charge is 0.573 e. The number of carbonyl (C=O) groups excluding carboxylic acids is 1. The van der Waals surface area contributed by atoms with Crippen LogP contribution in [0.25, 0.3) is 17.0 Å². The van der Waals surface area contributed by atoms with Gasteiger partial charge in [-0.25, -0.2) is 27.8 Å². The van der Waals surface area contributed by atoms with E-state index >= 15 is 0 Å². The molecule has 4 aromatic rings. The second-order valence-electron chi connectivity index (χ2n) is 8.03. The van der Waals surface area contributed by atoms with E-state index in [1.54, 1.807) is 0 Å². The second-order valence-corrected chi connectivity index (χ2v) is 10.0. The summed E-state index contributed by atoms with van der Waals surface area (Å²) in [4.78, 5) is 25.0. The molecule has 0 saturated carbocycles. The van der Waals surface area contributed by atoms with Crippen LogP contribution >= 0.6 is 0 Å². The maximum absolute atomic E-state index is 13.8. The number of ether oxygens (including phenoxy) is 1. The van der Waals surface area contributed by atoms with Gasteiger partial charge in [-0.3, -0.25) is 9.36 Å². The van der Waals surface area contributed by atoms with E-state index in [0.717, 1.165) is 30.7 Å². The van der Waals surface area contributed by atoms with Crippen LogP contribution in [0.5, 0.6) is 5.75 Å². The molecule has 10 nitrogen and oxygen atoms in total. The highest BCUT2D eigenvalue weighted by Gasteiger charge is 2.32. The first-order valence-corrected chi connectivity index (χ1v) is 12.5. The van der Waals surface area contributed by atoms with Gasteiger partial charge in [-0.05, 0) is 37.3 Å². The van der Waals surface area contributed by atoms with Crippen molar-refractivity contribution >= 4 is 26.9 Å². The normalized spacial score (nSPS) is 12.7. The molecular formula is C23H16F4N6O4S. The van der Waals surface area contributed by atoms with E-state index in [1.165, 1.54) is 29.8 Å². The zero-order chi connectivity index (χ0) is 27.8. The molecule has 0 aliphatic rings. The predicted octanol–water partition coefficient (Wildman–Crippen LogP) is 3.62. The van der Waals surface area contributed by atoms with Gasteiger partial charge in [0.05, 0.1) is 22.7 Å². The summed E-state index contributed by atoms with van der Waals surface area (Å²) in [6.07, 6.45) is -2.12. The third-order valence-electron chi connectivity index (χ3n) is 5.13. The predicted molar refractivity (Wildman–Crippen MR) is 123 cm³/mol. The molecule has 0 aliphatic heterocycles. The molecule has 0 bridgehead atoms. The van der Waals surface area contributed by atoms with Crippen molar-refractivity contribution in [2.75, 3.05) is 6.26 Å². The molecule has 1 atom stereocenters. The van der Waals surface area contributed by atoms with Gasteiger partial charge in [0.15, 0.2) is 15.5 Å². The van der Waals surface area contributed by atoms with Crippen molar-refractivity contribution in [1.82, 2.24) is 24.8 Å². The number of halogens is 4. The minimum atomic E-state index is -5.13. The van der Waals surface area contributed by atoms with Gasteiger partial charge in [0.25, 0.3) is 5.91 Å². The van der Waals surface area contributed by atoms with E-state index in [9.17, 15) is 30.8 Å². The molecule has 0 aliphatic carbocycles. The number of hydrogen-bond donors (Lipinski definition) is 1. The molecule has 0 spiro atoms. The molecular weight excluding hydrogens is 532 g/mol. The zero-order valence-electron chi connectivity index (χ0n) is 19.5. The first-order chi connectivity index (χ1) is 17.7. The summed E-state index contributed by atoms with van der Waals surface area (Å²) in [5, 5.41) is 11.6. The fourth-order valence-corrected chi connectivity index (χ4v) is 4.18. The maximum atomic E-state index is 13.8. The lowest BCUT2D eigenvalue weighted by molar-refractivity contribution is -0.274. The van der Waals surface area contributed by atoms with Crippen LogP contribution in [-0.2, 0) is 9.84 Å². The Bertz CT molecular complexity index is 1700. The summed E-state index contributed by atoms with van der Waals surface area (Å²) in [6.45, 7) is 1.49. The number of nitrogens with zero attached hydrogens (tertiary/aromatic N) is 5. The topological polar surface area (TPSA) is 140 Å². The highest BCUT2D eigenvalue weighted by molar-refractivity contribution is 7.90. The molecule has 0 fully saturated rings. The van der Waals surface area contributed by atoms with Crippen molar-refractivity contribution in [1.29, 1.82) is 5.26 Å². The average molecular weight is 548 g/mol. The molecule has 0 saturated heterocycles. The quantitative estimate of drug-likeness (QED) is 0.361. The number of rotatable bonds is 6. The number of pyridine rings is 2. The smallest absolute Gasteiger partial charge is 0.406 e. The summed E-state index contributed by atoms with van der Waals surface area (Å²) < 4.78 is 81.4. The number of alkyl halides is 3. The minimum Gasteiger partial charge on any atom is -0.406 e. The molecule has 3 aromatic heterocycles. The highest BCUT2D eigenvalue weighted by atomic mass is 32.2. The van der Waals surface area contributed by atoms with Crippen LogP contribution in [0.3, 0.4) is 0 Å². The minimum absolute atomic E-state index is 0.118. The Morgan fingerprint density at radius 2 is 1.89 bits per heavy atom. The van der Waals surface area contributed by atoms with Gasteiger partial charge in [0.2, 0.25) is 0 Å². The van der Waals surface area contributed by atoms with Gasteiger partial charge in [0.1, 0.15) is 34.8 Å². The fourth-order valence-electron chi connectivity index (χ4n) is 3.51. The highest BCUT2D eigenvalue weighted by Crippen LogP contribution is 2.28. The van der Waals surface area contributed by atoms with E-state index in [4.69, 9.17) is 5.26 Å². The Hall–Kier alpha value is -4.58. The number of sulfone groups is 1. The molecule has 1 amide bonds. The van der Waals surface area contributed by atoms with Gasteiger partial charge in [0, 0.05) is 24.1 Å². The molecule has 4 rings (SSSR count). The number of nitrogens with one attached hydrogen (secondary N) is 1. The van der Waals surface area contributed by atoms with E-state index in [2.05, 4.69) is 25.0 Å². The number of benzene rings is 1. The Morgan fingerprint density at radius 3 is 2.50 bits per heavy atom. The summed E-state index contributed by atoms with van der Waals surface area (Å²) in [5.74, 6) is -2.16. The lowest BCUT2D eigenvalue weighted by atomic mass is 10.2. The summed E-state index contributed by atoms with van der Waals surface area (Å²) in [7, 11) is -4.01. The van der Waals surface area contributed by atoms with Crippen molar-refractivity contribution < 1.29 is 35.5 Å². The standard InChI is InChI=1S/C23H16F4N6O4S/c1-12(31-22(34)14-5-16(37-23(25,26)27)8-17(6-14)38(2,35)36)20-32-18-7-15(24)11-30-21(18)33(20)19-4-3-13(9-28)10-29-19/h3-8,10-12H,1-2H3,(H,31,34)/t12-/m0/s1. The third kappa shape index (κ3) is 5.70. The molecule has 1 N–H and O–H groups in total. The Labute approximate surface area is 212 Å². The van der Waals surface area contributed by atoms with Crippen molar-refractivity contribution in [3.8, 4) is 17.6 Å². The number of nitriles is 1. The van der Waals surface area contributed by atoms with Crippen LogP contribution in [0.4, 0.5) is 17.6 Å². The monoisotopic (exact) mass is 548 g/mol.